The number of nitrogens with zero attached hydrogens (tertiary/aromatic N) is 4. The lowest BCUT2D eigenvalue weighted by Crippen LogP contribution is -2.04. The van der Waals surface area contributed by atoms with Crippen LogP contribution >= 0.6 is 0 Å². The Morgan fingerprint density at radius 1 is 1.04 bits per heavy atom. The van der Waals surface area contributed by atoms with Crippen LogP contribution in [0.25, 0.3) is 16.9 Å². The number of rotatable bonds is 2. The molecule has 4 nitrogen and oxygen atoms in total. The van der Waals surface area contributed by atoms with Crippen LogP contribution in [0, 0.1) is 6.92 Å². The Morgan fingerprint density at radius 2 is 1.87 bits per heavy atom. The second kappa shape index (κ2) is 4.75. The van der Waals surface area contributed by atoms with Gasteiger partial charge in [-0.05, 0) is 55.9 Å². The third-order valence-corrected chi connectivity index (χ3v) is 5.40. The summed E-state index contributed by atoms with van der Waals surface area (Å²) in [6.07, 6.45) is 5.78. The molecule has 2 bridgehead atoms. The maximum atomic E-state index is 4.55. The van der Waals surface area contributed by atoms with Crippen molar-refractivity contribution in [3.8, 4) is 16.9 Å². The molecule has 1 fully saturated rings. The van der Waals surface area contributed by atoms with E-state index in [1.54, 1.807) is 0 Å². The van der Waals surface area contributed by atoms with Gasteiger partial charge in [0.05, 0.1) is 29.0 Å². The number of fused-ring (bicyclic) bond motifs is 5. The lowest BCUT2D eigenvalue weighted by atomic mass is 9.95. The van der Waals surface area contributed by atoms with Crippen molar-refractivity contribution in [3.63, 3.8) is 0 Å². The van der Waals surface area contributed by atoms with E-state index in [0.29, 0.717) is 11.8 Å². The molecule has 0 aliphatic heterocycles. The summed E-state index contributed by atoms with van der Waals surface area (Å²) in [4.78, 5) is 0. The Morgan fingerprint density at radius 3 is 2.74 bits per heavy atom. The summed E-state index contributed by atoms with van der Waals surface area (Å²) in [5, 5.41) is 13.6. The van der Waals surface area contributed by atoms with Crippen LogP contribution in [0.2, 0.25) is 0 Å². The van der Waals surface area contributed by atoms with E-state index in [2.05, 4.69) is 40.4 Å². The predicted molar refractivity (Wildman–Crippen MR) is 88.7 cm³/mol. The SMILES string of the molecule is Cc1c(-c2cc3c(nn2)C2CCC3C2)cnn1-c1ccccc1. The van der Waals surface area contributed by atoms with E-state index in [1.165, 1.54) is 30.5 Å². The second-order valence-electron chi connectivity index (χ2n) is 6.67. The molecule has 2 atom stereocenters. The summed E-state index contributed by atoms with van der Waals surface area (Å²) < 4.78 is 1.97. The maximum absolute atomic E-state index is 4.55. The standard InChI is InChI=1S/C19H18N4/c1-12-17(11-20-23(12)15-5-3-2-4-6-15)18-10-16-13-7-8-14(9-13)19(16)22-21-18/h2-6,10-11,13-14H,7-9H2,1H3. The van der Waals surface area contributed by atoms with Gasteiger partial charge in [0.1, 0.15) is 0 Å². The molecule has 0 radical (unpaired) electrons. The maximum Gasteiger partial charge on any atom is 0.0967 e. The van der Waals surface area contributed by atoms with Crippen LogP contribution in [0.3, 0.4) is 0 Å². The monoisotopic (exact) mass is 302 g/mol. The molecule has 114 valence electrons. The van der Waals surface area contributed by atoms with Gasteiger partial charge in [-0.15, -0.1) is 0 Å². The van der Waals surface area contributed by atoms with Gasteiger partial charge in [0, 0.05) is 11.5 Å². The Kier molecular flexibility index (Phi) is 2.68. The van der Waals surface area contributed by atoms with E-state index >= 15 is 0 Å². The Labute approximate surface area is 135 Å². The van der Waals surface area contributed by atoms with Crippen LogP contribution in [-0.2, 0) is 0 Å². The van der Waals surface area contributed by atoms with Crippen molar-refractivity contribution in [2.24, 2.45) is 0 Å². The highest BCUT2D eigenvalue weighted by molar-refractivity contribution is 5.63. The minimum atomic E-state index is 0.657. The molecular formula is C19H18N4. The van der Waals surface area contributed by atoms with Gasteiger partial charge in [-0.25, -0.2) is 4.68 Å². The summed E-state index contributed by atoms with van der Waals surface area (Å²) in [7, 11) is 0. The first kappa shape index (κ1) is 13.0. The van der Waals surface area contributed by atoms with E-state index in [-0.39, 0.29) is 0 Å². The van der Waals surface area contributed by atoms with E-state index in [4.69, 9.17) is 0 Å². The average molecular weight is 302 g/mol. The van der Waals surface area contributed by atoms with E-state index in [9.17, 15) is 0 Å². The Hall–Kier alpha value is -2.49. The van der Waals surface area contributed by atoms with Crippen molar-refractivity contribution in [1.29, 1.82) is 0 Å². The summed E-state index contributed by atoms with van der Waals surface area (Å²) >= 11 is 0. The molecule has 1 saturated carbocycles. The molecule has 5 rings (SSSR count). The molecule has 2 aliphatic rings. The van der Waals surface area contributed by atoms with Crippen LogP contribution < -0.4 is 0 Å². The number of hydrogen-bond acceptors (Lipinski definition) is 3. The summed E-state index contributed by atoms with van der Waals surface area (Å²) in [6.45, 7) is 2.09. The highest BCUT2D eigenvalue weighted by atomic mass is 15.3. The van der Waals surface area contributed by atoms with Gasteiger partial charge in [0.15, 0.2) is 0 Å². The molecule has 0 N–H and O–H groups in total. The molecule has 3 aromatic rings. The minimum Gasteiger partial charge on any atom is -0.237 e. The van der Waals surface area contributed by atoms with Crippen molar-refractivity contribution in [1.82, 2.24) is 20.0 Å². The van der Waals surface area contributed by atoms with Crippen molar-refractivity contribution in [3.05, 3.63) is 59.5 Å². The fourth-order valence-corrected chi connectivity index (χ4v) is 4.19. The van der Waals surface area contributed by atoms with E-state index in [0.717, 1.165) is 22.6 Å². The fourth-order valence-electron chi connectivity index (χ4n) is 4.19. The third-order valence-electron chi connectivity index (χ3n) is 5.40. The molecule has 2 aliphatic carbocycles. The number of para-hydroxylation sites is 1. The Bertz CT molecular complexity index is 882. The number of benzene rings is 1. The van der Waals surface area contributed by atoms with Gasteiger partial charge < -0.3 is 0 Å². The van der Waals surface area contributed by atoms with E-state index in [1.807, 2.05) is 29.1 Å². The van der Waals surface area contributed by atoms with Gasteiger partial charge in [-0.3, -0.25) is 0 Å². The van der Waals surface area contributed by atoms with Crippen molar-refractivity contribution in [2.45, 2.75) is 38.0 Å². The lowest BCUT2D eigenvalue weighted by molar-refractivity contribution is 0.681. The molecule has 23 heavy (non-hydrogen) atoms. The zero-order chi connectivity index (χ0) is 15.4. The summed E-state index contributed by atoms with van der Waals surface area (Å²) in [6, 6.07) is 12.5. The van der Waals surface area contributed by atoms with Crippen molar-refractivity contribution in [2.75, 3.05) is 0 Å². The van der Waals surface area contributed by atoms with Crippen LogP contribution in [-0.4, -0.2) is 20.0 Å². The smallest absolute Gasteiger partial charge is 0.0967 e. The molecular weight excluding hydrogens is 284 g/mol. The van der Waals surface area contributed by atoms with Gasteiger partial charge in [-0.1, -0.05) is 18.2 Å². The van der Waals surface area contributed by atoms with Crippen LogP contribution in [0.1, 0.15) is 48.0 Å². The first-order valence-corrected chi connectivity index (χ1v) is 8.29. The molecule has 2 aromatic heterocycles. The second-order valence-corrected chi connectivity index (χ2v) is 6.67. The Balaban J connectivity index is 1.59. The molecule has 2 heterocycles. The zero-order valence-corrected chi connectivity index (χ0v) is 13.1. The van der Waals surface area contributed by atoms with Crippen molar-refractivity contribution >= 4 is 0 Å². The van der Waals surface area contributed by atoms with Gasteiger partial charge in [0.2, 0.25) is 0 Å². The fraction of sp³-hybridized carbons (Fsp3) is 0.316. The molecule has 0 saturated heterocycles. The molecule has 2 unspecified atom stereocenters. The molecule has 4 heteroatoms. The average Bonchev–Trinajstić information content (AvgIpc) is 3.30. The third kappa shape index (κ3) is 1.87. The van der Waals surface area contributed by atoms with E-state index < -0.39 is 0 Å². The highest BCUT2D eigenvalue weighted by Crippen LogP contribution is 2.52. The zero-order valence-electron chi connectivity index (χ0n) is 13.1. The van der Waals surface area contributed by atoms with Gasteiger partial charge in [-0.2, -0.15) is 15.3 Å². The lowest BCUT2D eigenvalue weighted by Gasteiger charge is -2.13. The predicted octanol–water partition coefficient (Wildman–Crippen LogP) is 4.00. The largest absolute Gasteiger partial charge is 0.237 e. The molecule has 0 amide bonds. The van der Waals surface area contributed by atoms with Crippen LogP contribution in [0.5, 0.6) is 0 Å². The van der Waals surface area contributed by atoms with Crippen molar-refractivity contribution < 1.29 is 0 Å². The topological polar surface area (TPSA) is 43.6 Å². The minimum absolute atomic E-state index is 0.657. The number of hydrogen-bond donors (Lipinski definition) is 0. The number of aromatic nitrogens is 4. The first-order valence-electron chi connectivity index (χ1n) is 8.29. The first-order chi connectivity index (χ1) is 11.3. The molecule has 1 aromatic carbocycles. The van der Waals surface area contributed by atoms with Gasteiger partial charge >= 0.3 is 0 Å². The van der Waals surface area contributed by atoms with Gasteiger partial charge in [0.25, 0.3) is 0 Å². The molecule has 0 spiro atoms. The quantitative estimate of drug-likeness (QED) is 0.718. The normalized spacial score (nSPS) is 21.6. The van der Waals surface area contributed by atoms with Crippen LogP contribution in [0.4, 0.5) is 0 Å². The summed E-state index contributed by atoms with van der Waals surface area (Å²) in [5.41, 5.74) is 6.89. The highest BCUT2D eigenvalue weighted by Gasteiger charge is 2.38. The van der Waals surface area contributed by atoms with Crippen LogP contribution in [0.15, 0.2) is 42.6 Å². The summed E-state index contributed by atoms with van der Waals surface area (Å²) in [5.74, 6) is 1.36.